The van der Waals surface area contributed by atoms with Gasteiger partial charge in [-0.15, -0.1) is 0 Å². The van der Waals surface area contributed by atoms with Gasteiger partial charge in [0.1, 0.15) is 0 Å². The molecule has 0 saturated heterocycles. The first kappa shape index (κ1) is 9.92. The Kier molecular flexibility index (Phi) is 2.82. The van der Waals surface area contributed by atoms with E-state index in [-0.39, 0.29) is 0 Å². The number of nitrogens with one attached hydrogen (secondary N) is 1. The van der Waals surface area contributed by atoms with E-state index in [1.54, 1.807) is 4.68 Å². The van der Waals surface area contributed by atoms with Crippen LogP contribution in [0.5, 0.6) is 0 Å². The fourth-order valence-corrected chi connectivity index (χ4v) is 1.43. The molecule has 0 spiro atoms. The third-order valence-electron chi connectivity index (χ3n) is 2.21. The molecule has 2 rings (SSSR count). The summed E-state index contributed by atoms with van der Waals surface area (Å²) in [7, 11) is 0. The summed E-state index contributed by atoms with van der Waals surface area (Å²) in [6.07, 6.45) is 3.81. The van der Waals surface area contributed by atoms with Gasteiger partial charge in [0.2, 0.25) is 0 Å². The number of aryl methyl sites for hydroxylation is 2. The van der Waals surface area contributed by atoms with Crippen molar-refractivity contribution in [3.63, 3.8) is 0 Å². The van der Waals surface area contributed by atoms with Crippen LogP contribution in [0.3, 0.4) is 0 Å². The number of aromatic nitrogens is 4. The lowest BCUT2D eigenvalue weighted by molar-refractivity contribution is 0.763. The molecule has 0 fully saturated rings. The molecule has 0 aliphatic rings. The summed E-state index contributed by atoms with van der Waals surface area (Å²) in [5, 5.41) is 11.4. The van der Waals surface area contributed by atoms with E-state index in [1.165, 1.54) is 0 Å². The molecule has 5 heteroatoms. The molecule has 5 nitrogen and oxygen atoms in total. The highest BCUT2D eigenvalue weighted by Crippen LogP contribution is 2.06. The summed E-state index contributed by atoms with van der Waals surface area (Å²) in [6, 6.07) is 3.96. The van der Waals surface area contributed by atoms with Crippen molar-refractivity contribution in [2.45, 2.75) is 19.8 Å². The average Bonchev–Trinajstić information content (AvgIpc) is 2.83. The fourth-order valence-electron chi connectivity index (χ4n) is 1.43. The van der Waals surface area contributed by atoms with Gasteiger partial charge in [0.05, 0.1) is 5.69 Å². The molecule has 80 valence electrons. The second-order valence-electron chi connectivity index (χ2n) is 3.55. The molecule has 2 aromatic heterocycles. The molecular formula is C10H15N5. The van der Waals surface area contributed by atoms with Crippen LogP contribution in [-0.4, -0.2) is 26.5 Å². The Morgan fingerprint density at radius 2 is 2.40 bits per heavy atom. The Labute approximate surface area is 88.3 Å². The predicted molar refractivity (Wildman–Crippen MR) is 57.8 cm³/mol. The first-order chi connectivity index (χ1) is 7.29. The Balaban J connectivity index is 2.13. The van der Waals surface area contributed by atoms with Crippen LogP contribution in [0.25, 0.3) is 5.82 Å². The number of hydrogen-bond acceptors (Lipinski definition) is 3. The van der Waals surface area contributed by atoms with Crippen molar-refractivity contribution >= 4 is 0 Å². The van der Waals surface area contributed by atoms with E-state index in [0.717, 1.165) is 30.0 Å². The van der Waals surface area contributed by atoms with Crippen molar-refractivity contribution in [2.75, 3.05) is 6.54 Å². The van der Waals surface area contributed by atoms with Gasteiger partial charge in [0.25, 0.3) is 0 Å². The van der Waals surface area contributed by atoms with Crippen molar-refractivity contribution in [2.24, 2.45) is 5.73 Å². The monoisotopic (exact) mass is 205 g/mol. The topological polar surface area (TPSA) is 72.5 Å². The Morgan fingerprint density at radius 3 is 3.07 bits per heavy atom. The van der Waals surface area contributed by atoms with Crippen LogP contribution in [0.4, 0.5) is 0 Å². The standard InChI is InChI=1S/C10H15N5/c1-8-7-10(13-12-8)15-6-4-9(14-15)3-2-5-11/h4,6-7H,2-3,5,11H2,1H3,(H,12,13). The second-order valence-corrected chi connectivity index (χ2v) is 3.55. The molecule has 0 radical (unpaired) electrons. The molecule has 0 aliphatic carbocycles. The number of nitrogens with two attached hydrogens (primary N) is 1. The van der Waals surface area contributed by atoms with Gasteiger partial charge in [0, 0.05) is 18.0 Å². The SMILES string of the molecule is Cc1cc(-n2ccc(CCCN)n2)n[nH]1. The zero-order valence-corrected chi connectivity index (χ0v) is 8.77. The lowest BCUT2D eigenvalue weighted by atomic mass is 10.2. The maximum Gasteiger partial charge on any atom is 0.175 e. The van der Waals surface area contributed by atoms with E-state index in [2.05, 4.69) is 15.3 Å². The van der Waals surface area contributed by atoms with Crippen LogP contribution in [0, 0.1) is 6.92 Å². The minimum Gasteiger partial charge on any atom is -0.330 e. The molecule has 15 heavy (non-hydrogen) atoms. The molecule has 3 N–H and O–H groups in total. The van der Waals surface area contributed by atoms with Crippen LogP contribution in [0.15, 0.2) is 18.3 Å². The molecule has 0 atom stereocenters. The Bertz CT molecular complexity index is 428. The van der Waals surface area contributed by atoms with E-state index >= 15 is 0 Å². The first-order valence-corrected chi connectivity index (χ1v) is 5.06. The number of aromatic amines is 1. The van der Waals surface area contributed by atoms with Crippen molar-refractivity contribution in [3.8, 4) is 5.82 Å². The highest BCUT2D eigenvalue weighted by Gasteiger charge is 2.03. The number of hydrogen-bond donors (Lipinski definition) is 2. The highest BCUT2D eigenvalue weighted by molar-refractivity contribution is 5.22. The Hall–Kier alpha value is -1.62. The minimum atomic E-state index is 0.703. The second kappa shape index (κ2) is 4.27. The van der Waals surface area contributed by atoms with Gasteiger partial charge >= 0.3 is 0 Å². The van der Waals surface area contributed by atoms with Gasteiger partial charge in [-0.1, -0.05) is 0 Å². The van der Waals surface area contributed by atoms with Crippen LogP contribution in [-0.2, 0) is 6.42 Å². The van der Waals surface area contributed by atoms with Crippen molar-refractivity contribution < 1.29 is 0 Å². The van der Waals surface area contributed by atoms with E-state index in [0.29, 0.717) is 6.54 Å². The van der Waals surface area contributed by atoms with Gasteiger partial charge < -0.3 is 5.73 Å². The lowest BCUT2D eigenvalue weighted by Gasteiger charge is -1.94. The summed E-state index contributed by atoms with van der Waals surface area (Å²) in [5.74, 6) is 0.825. The minimum absolute atomic E-state index is 0.703. The molecule has 0 bridgehead atoms. The number of rotatable bonds is 4. The highest BCUT2D eigenvalue weighted by atomic mass is 15.3. The maximum atomic E-state index is 5.45. The maximum absolute atomic E-state index is 5.45. The van der Waals surface area contributed by atoms with Crippen LogP contribution in [0.2, 0.25) is 0 Å². The van der Waals surface area contributed by atoms with E-state index < -0.39 is 0 Å². The normalized spacial score (nSPS) is 10.8. The number of H-pyrrole nitrogens is 1. The molecular weight excluding hydrogens is 190 g/mol. The summed E-state index contributed by atoms with van der Waals surface area (Å²) in [6.45, 7) is 2.67. The summed E-state index contributed by atoms with van der Waals surface area (Å²) in [5.41, 5.74) is 7.53. The van der Waals surface area contributed by atoms with Crippen molar-refractivity contribution in [1.29, 1.82) is 0 Å². The molecule has 2 heterocycles. The van der Waals surface area contributed by atoms with E-state index in [1.807, 2.05) is 25.3 Å². The zero-order chi connectivity index (χ0) is 10.7. The third kappa shape index (κ3) is 2.24. The van der Waals surface area contributed by atoms with Gasteiger partial charge in [-0.05, 0) is 32.4 Å². The van der Waals surface area contributed by atoms with E-state index in [9.17, 15) is 0 Å². The number of nitrogens with zero attached hydrogens (tertiary/aromatic N) is 3. The molecule has 0 aromatic carbocycles. The zero-order valence-electron chi connectivity index (χ0n) is 8.77. The lowest BCUT2D eigenvalue weighted by Crippen LogP contribution is -2.01. The summed E-state index contributed by atoms with van der Waals surface area (Å²) >= 11 is 0. The average molecular weight is 205 g/mol. The van der Waals surface area contributed by atoms with Crippen LogP contribution in [0.1, 0.15) is 17.8 Å². The molecule has 2 aromatic rings. The molecule has 0 saturated carbocycles. The summed E-state index contributed by atoms with van der Waals surface area (Å²) < 4.78 is 1.77. The van der Waals surface area contributed by atoms with Crippen LogP contribution < -0.4 is 5.73 Å². The fraction of sp³-hybridized carbons (Fsp3) is 0.400. The van der Waals surface area contributed by atoms with Gasteiger partial charge in [-0.25, -0.2) is 4.68 Å². The smallest absolute Gasteiger partial charge is 0.175 e. The van der Waals surface area contributed by atoms with Crippen molar-refractivity contribution in [3.05, 3.63) is 29.7 Å². The first-order valence-electron chi connectivity index (χ1n) is 5.06. The van der Waals surface area contributed by atoms with E-state index in [4.69, 9.17) is 5.73 Å². The largest absolute Gasteiger partial charge is 0.330 e. The molecule has 0 aliphatic heterocycles. The van der Waals surface area contributed by atoms with Gasteiger partial charge in [-0.2, -0.15) is 10.2 Å². The van der Waals surface area contributed by atoms with Gasteiger partial charge in [0.15, 0.2) is 5.82 Å². The summed E-state index contributed by atoms with van der Waals surface area (Å²) in [4.78, 5) is 0. The van der Waals surface area contributed by atoms with Gasteiger partial charge in [-0.3, -0.25) is 5.10 Å². The van der Waals surface area contributed by atoms with Crippen LogP contribution >= 0.6 is 0 Å². The quantitative estimate of drug-likeness (QED) is 0.775. The Morgan fingerprint density at radius 1 is 1.53 bits per heavy atom. The molecule has 0 unspecified atom stereocenters. The predicted octanol–water partition coefficient (Wildman–Crippen LogP) is 0.795. The third-order valence-corrected chi connectivity index (χ3v) is 2.21. The van der Waals surface area contributed by atoms with Crippen molar-refractivity contribution in [1.82, 2.24) is 20.0 Å². The molecule has 0 amide bonds.